The standard InChI is InChI=1S/C28H16N2O/c29-15-18-12-23(17-30-16-18)21-6-3-5-20(13-21)22-8-10-25-27(14-22)31-26-11-9-19-4-1-2-7-24(19)28(25)26/h1-14,16-17H. The molecular formula is C28H16N2O. The molecule has 0 bridgehead atoms. The fraction of sp³-hybridized carbons (Fsp3) is 0. The Balaban J connectivity index is 1.50. The van der Waals surface area contributed by atoms with E-state index in [0.29, 0.717) is 5.56 Å². The number of nitriles is 1. The van der Waals surface area contributed by atoms with Crippen LogP contribution in [0.5, 0.6) is 0 Å². The summed E-state index contributed by atoms with van der Waals surface area (Å²) in [6.45, 7) is 0. The topological polar surface area (TPSA) is 49.8 Å². The van der Waals surface area contributed by atoms with Gasteiger partial charge in [-0.25, -0.2) is 0 Å². The lowest BCUT2D eigenvalue weighted by Gasteiger charge is -2.06. The van der Waals surface area contributed by atoms with Gasteiger partial charge in [0.25, 0.3) is 0 Å². The molecule has 0 amide bonds. The van der Waals surface area contributed by atoms with Gasteiger partial charge in [-0.2, -0.15) is 5.26 Å². The van der Waals surface area contributed by atoms with Gasteiger partial charge >= 0.3 is 0 Å². The maximum atomic E-state index is 9.17. The van der Waals surface area contributed by atoms with Crippen LogP contribution < -0.4 is 0 Å². The Kier molecular flexibility index (Phi) is 3.84. The maximum absolute atomic E-state index is 9.17. The van der Waals surface area contributed by atoms with Crippen molar-refractivity contribution in [3.05, 3.63) is 103 Å². The molecule has 2 aromatic heterocycles. The average molecular weight is 396 g/mol. The van der Waals surface area contributed by atoms with Crippen molar-refractivity contribution in [3.63, 3.8) is 0 Å². The highest BCUT2D eigenvalue weighted by Crippen LogP contribution is 2.37. The summed E-state index contributed by atoms with van der Waals surface area (Å²) in [6, 6.07) is 31.2. The first-order chi connectivity index (χ1) is 15.3. The third-order valence-electron chi connectivity index (χ3n) is 5.76. The number of nitrogens with zero attached hydrogens (tertiary/aromatic N) is 2. The minimum atomic E-state index is 0.554. The molecule has 0 saturated carbocycles. The lowest BCUT2D eigenvalue weighted by molar-refractivity contribution is 0.669. The molecule has 31 heavy (non-hydrogen) atoms. The predicted octanol–water partition coefficient (Wildman–Crippen LogP) is 7.34. The van der Waals surface area contributed by atoms with E-state index in [9.17, 15) is 0 Å². The molecule has 0 saturated heterocycles. The van der Waals surface area contributed by atoms with Gasteiger partial charge < -0.3 is 4.42 Å². The Labute approximate surface area is 178 Å². The zero-order valence-corrected chi connectivity index (χ0v) is 16.5. The third kappa shape index (κ3) is 2.86. The van der Waals surface area contributed by atoms with Gasteiger partial charge in [0.15, 0.2) is 0 Å². The number of hydrogen-bond donors (Lipinski definition) is 0. The summed E-state index contributed by atoms with van der Waals surface area (Å²) in [5.41, 5.74) is 6.46. The number of aromatic nitrogens is 1. The third-order valence-corrected chi connectivity index (χ3v) is 5.76. The van der Waals surface area contributed by atoms with Crippen molar-refractivity contribution in [1.29, 1.82) is 5.26 Å². The second-order valence-electron chi connectivity index (χ2n) is 7.63. The first-order valence-corrected chi connectivity index (χ1v) is 10.1. The highest BCUT2D eigenvalue weighted by Gasteiger charge is 2.12. The van der Waals surface area contributed by atoms with Crippen LogP contribution in [0.1, 0.15) is 5.56 Å². The molecule has 144 valence electrons. The van der Waals surface area contributed by atoms with Crippen molar-refractivity contribution in [3.8, 4) is 28.3 Å². The van der Waals surface area contributed by atoms with E-state index in [0.717, 1.165) is 44.2 Å². The van der Waals surface area contributed by atoms with Crippen LogP contribution in [0.25, 0.3) is 55.0 Å². The first kappa shape index (κ1) is 17.4. The van der Waals surface area contributed by atoms with E-state index in [-0.39, 0.29) is 0 Å². The fourth-order valence-corrected chi connectivity index (χ4v) is 4.26. The Bertz CT molecular complexity index is 1650. The normalized spacial score (nSPS) is 11.2. The van der Waals surface area contributed by atoms with Crippen LogP contribution in [0, 0.1) is 11.3 Å². The number of hydrogen-bond acceptors (Lipinski definition) is 3. The van der Waals surface area contributed by atoms with E-state index in [4.69, 9.17) is 9.68 Å². The van der Waals surface area contributed by atoms with Gasteiger partial charge in [0.05, 0.1) is 5.56 Å². The number of pyridine rings is 1. The molecule has 3 heteroatoms. The maximum Gasteiger partial charge on any atom is 0.136 e. The van der Waals surface area contributed by atoms with E-state index >= 15 is 0 Å². The Morgan fingerprint density at radius 2 is 1.48 bits per heavy atom. The smallest absolute Gasteiger partial charge is 0.136 e. The molecule has 0 aliphatic carbocycles. The molecule has 0 atom stereocenters. The van der Waals surface area contributed by atoms with Crippen molar-refractivity contribution in [2.45, 2.75) is 0 Å². The van der Waals surface area contributed by atoms with Crippen LogP contribution in [-0.2, 0) is 0 Å². The van der Waals surface area contributed by atoms with Crippen molar-refractivity contribution in [2.75, 3.05) is 0 Å². The molecule has 0 aliphatic heterocycles. The van der Waals surface area contributed by atoms with Crippen LogP contribution in [-0.4, -0.2) is 4.98 Å². The second-order valence-corrected chi connectivity index (χ2v) is 7.63. The highest BCUT2D eigenvalue weighted by molar-refractivity contribution is 6.19. The first-order valence-electron chi connectivity index (χ1n) is 10.1. The molecule has 4 aromatic carbocycles. The van der Waals surface area contributed by atoms with Gasteiger partial charge in [-0.05, 0) is 57.8 Å². The summed E-state index contributed by atoms with van der Waals surface area (Å²) in [6.07, 6.45) is 3.36. The van der Waals surface area contributed by atoms with Crippen molar-refractivity contribution in [2.24, 2.45) is 0 Å². The van der Waals surface area contributed by atoms with Crippen LogP contribution in [0.3, 0.4) is 0 Å². The van der Waals surface area contributed by atoms with Crippen LogP contribution in [0.15, 0.2) is 102 Å². The lowest BCUT2D eigenvalue weighted by Crippen LogP contribution is -1.85. The quantitative estimate of drug-likeness (QED) is 0.308. The molecule has 3 nitrogen and oxygen atoms in total. The van der Waals surface area contributed by atoms with Gasteiger partial charge in [0.2, 0.25) is 0 Å². The minimum absolute atomic E-state index is 0.554. The number of benzene rings is 4. The molecule has 0 spiro atoms. The molecule has 0 radical (unpaired) electrons. The summed E-state index contributed by atoms with van der Waals surface area (Å²) >= 11 is 0. The summed E-state index contributed by atoms with van der Waals surface area (Å²) in [5.74, 6) is 0. The van der Waals surface area contributed by atoms with Crippen molar-refractivity contribution < 1.29 is 4.42 Å². The lowest BCUT2D eigenvalue weighted by atomic mass is 9.98. The van der Waals surface area contributed by atoms with Crippen LogP contribution in [0.4, 0.5) is 0 Å². The van der Waals surface area contributed by atoms with Gasteiger partial charge in [0, 0.05) is 28.7 Å². The van der Waals surface area contributed by atoms with E-state index in [2.05, 4.69) is 71.7 Å². The summed E-state index contributed by atoms with van der Waals surface area (Å²) in [4.78, 5) is 4.19. The summed E-state index contributed by atoms with van der Waals surface area (Å²) in [5, 5.41) is 13.9. The molecule has 0 fully saturated rings. The molecule has 6 aromatic rings. The molecule has 2 heterocycles. The molecule has 0 unspecified atom stereocenters. The molecule has 0 aliphatic rings. The van der Waals surface area contributed by atoms with Gasteiger partial charge in [-0.3, -0.25) is 4.98 Å². The van der Waals surface area contributed by atoms with E-state index in [1.54, 1.807) is 12.4 Å². The van der Waals surface area contributed by atoms with Crippen molar-refractivity contribution >= 4 is 32.7 Å². The Hall–Kier alpha value is -4.42. The zero-order chi connectivity index (χ0) is 20.8. The van der Waals surface area contributed by atoms with Crippen LogP contribution >= 0.6 is 0 Å². The monoisotopic (exact) mass is 396 g/mol. The molecular weight excluding hydrogens is 380 g/mol. The van der Waals surface area contributed by atoms with E-state index in [1.165, 1.54) is 10.8 Å². The predicted molar refractivity (Wildman–Crippen MR) is 125 cm³/mol. The Morgan fingerprint density at radius 3 is 2.39 bits per heavy atom. The average Bonchev–Trinajstić information content (AvgIpc) is 3.22. The highest BCUT2D eigenvalue weighted by atomic mass is 16.3. The number of rotatable bonds is 2. The van der Waals surface area contributed by atoms with Crippen molar-refractivity contribution in [1.82, 2.24) is 4.98 Å². The Morgan fingerprint density at radius 1 is 0.645 bits per heavy atom. The fourth-order valence-electron chi connectivity index (χ4n) is 4.26. The SMILES string of the molecule is N#Cc1cncc(-c2cccc(-c3ccc4c(c3)oc3ccc5ccccc5c34)c2)c1. The van der Waals surface area contributed by atoms with Gasteiger partial charge in [-0.15, -0.1) is 0 Å². The van der Waals surface area contributed by atoms with Gasteiger partial charge in [0.1, 0.15) is 17.2 Å². The largest absolute Gasteiger partial charge is 0.456 e. The van der Waals surface area contributed by atoms with E-state index < -0.39 is 0 Å². The second kappa shape index (κ2) is 6.83. The zero-order valence-electron chi connectivity index (χ0n) is 16.5. The molecule has 0 N–H and O–H groups in total. The minimum Gasteiger partial charge on any atom is -0.456 e. The summed E-state index contributed by atoms with van der Waals surface area (Å²) in [7, 11) is 0. The molecule has 6 rings (SSSR count). The number of furan rings is 1. The summed E-state index contributed by atoms with van der Waals surface area (Å²) < 4.78 is 6.22. The van der Waals surface area contributed by atoms with Gasteiger partial charge in [-0.1, -0.05) is 54.6 Å². The van der Waals surface area contributed by atoms with E-state index in [1.807, 2.05) is 24.3 Å². The van der Waals surface area contributed by atoms with Crippen LogP contribution in [0.2, 0.25) is 0 Å². The number of fused-ring (bicyclic) bond motifs is 5.